The zero-order chi connectivity index (χ0) is 15.6. The number of hydrogen-bond donors (Lipinski definition) is 1. The van der Waals surface area contributed by atoms with Crippen molar-refractivity contribution in [3.8, 4) is 0 Å². The van der Waals surface area contributed by atoms with Crippen LogP contribution in [0.2, 0.25) is 0 Å². The fourth-order valence-corrected chi connectivity index (χ4v) is 2.06. The normalized spacial score (nSPS) is 14.8. The van der Waals surface area contributed by atoms with Gasteiger partial charge in [0.15, 0.2) is 10.6 Å². The Bertz CT molecular complexity index is 413. The molecule has 0 aliphatic rings. The second-order valence-corrected chi connectivity index (χ2v) is 4.92. The molecule has 1 N–H and O–H groups in total. The van der Waals surface area contributed by atoms with Crippen LogP contribution < -0.4 is 5.32 Å². The highest BCUT2D eigenvalue weighted by molar-refractivity contribution is 9.10. The lowest BCUT2D eigenvalue weighted by atomic mass is 9.96. The third-order valence-electron chi connectivity index (χ3n) is 2.55. The predicted octanol–water partition coefficient (Wildman–Crippen LogP) is 4.82. The molecule has 20 heavy (non-hydrogen) atoms. The number of nitrogens with one attached hydrogen (secondary N) is 1. The summed E-state index contributed by atoms with van der Waals surface area (Å²) < 4.78 is 81.6. The molecular weight excluding hydrogens is 356 g/mol. The van der Waals surface area contributed by atoms with Gasteiger partial charge in [0.1, 0.15) is 5.76 Å². The van der Waals surface area contributed by atoms with Crippen LogP contribution in [0.25, 0.3) is 0 Å². The van der Waals surface area contributed by atoms with Crippen LogP contribution in [0.3, 0.4) is 0 Å². The van der Waals surface area contributed by atoms with Gasteiger partial charge in [-0.2, -0.15) is 26.3 Å². The van der Waals surface area contributed by atoms with Gasteiger partial charge < -0.3 is 9.73 Å². The Balaban J connectivity index is 3.18. The fourth-order valence-electron chi connectivity index (χ4n) is 1.74. The first kappa shape index (κ1) is 17.4. The van der Waals surface area contributed by atoms with Gasteiger partial charge in [0.2, 0.25) is 0 Å². The van der Waals surface area contributed by atoms with Crippen molar-refractivity contribution >= 4 is 15.9 Å². The summed E-state index contributed by atoms with van der Waals surface area (Å²) in [4.78, 5) is 0. The molecule has 0 saturated heterocycles. The zero-order valence-corrected chi connectivity index (χ0v) is 11.9. The van der Waals surface area contributed by atoms with E-state index in [0.717, 1.165) is 6.07 Å². The van der Waals surface area contributed by atoms with Crippen LogP contribution in [-0.2, 0) is 0 Å². The van der Waals surface area contributed by atoms with Gasteiger partial charge in [0.05, 0.1) is 6.04 Å². The second-order valence-electron chi connectivity index (χ2n) is 4.13. The van der Waals surface area contributed by atoms with Gasteiger partial charge in [-0.1, -0.05) is 6.92 Å². The molecule has 0 spiro atoms. The molecular formula is C11H12BrF6NO. The van der Waals surface area contributed by atoms with E-state index in [2.05, 4.69) is 21.2 Å². The quantitative estimate of drug-likeness (QED) is 0.754. The average Bonchev–Trinajstić information content (AvgIpc) is 2.67. The summed E-state index contributed by atoms with van der Waals surface area (Å²) in [5.41, 5.74) is 0. The highest BCUT2D eigenvalue weighted by atomic mass is 79.9. The van der Waals surface area contributed by atoms with Crippen LogP contribution in [0.15, 0.2) is 21.2 Å². The maximum Gasteiger partial charge on any atom is 0.402 e. The summed E-state index contributed by atoms with van der Waals surface area (Å²) in [5.74, 6) is -3.94. The van der Waals surface area contributed by atoms with Crippen molar-refractivity contribution in [3.05, 3.63) is 22.6 Å². The van der Waals surface area contributed by atoms with Crippen LogP contribution >= 0.6 is 15.9 Å². The molecule has 0 amide bonds. The lowest BCUT2D eigenvalue weighted by Crippen LogP contribution is -2.46. The Hall–Kier alpha value is -0.700. The van der Waals surface area contributed by atoms with Crippen molar-refractivity contribution in [1.29, 1.82) is 0 Å². The Morgan fingerprint density at radius 2 is 1.70 bits per heavy atom. The minimum Gasteiger partial charge on any atom is -0.453 e. The van der Waals surface area contributed by atoms with Gasteiger partial charge in [-0.3, -0.25) is 0 Å². The highest BCUT2D eigenvalue weighted by Gasteiger charge is 2.61. The van der Waals surface area contributed by atoms with Crippen molar-refractivity contribution in [2.45, 2.75) is 31.7 Å². The summed E-state index contributed by atoms with van der Waals surface area (Å²) in [5, 5.41) is 2.26. The fraction of sp³-hybridized carbons (Fsp3) is 0.636. The summed E-state index contributed by atoms with van der Waals surface area (Å²) in [6.07, 6.45) is -10.5. The van der Waals surface area contributed by atoms with E-state index in [0.29, 0.717) is 6.42 Å². The summed E-state index contributed by atoms with van der Waals surface area (Å²) in [6.45, 7) is 1.64. The van der Waals surface area contributed by atoms with Crippen molar-refractivity contribution in [1.82, 2.24) is 5.32 Å². The van der Waals surface area contributed by atoms with E-state index in [1.807, 2.05) is 0 Å². The molecule has 116 valence electrons. The number of rotatable bonds is 5. The summed E-state index contributed by atoms with van der Waals surface area (Å²) >= 11 is 2.86. The smallest absolute Gasteiger partial charge is 0.402 e. The Morgan fingerprint density at radius 1 is 1.15 bits per heavy atom. The molecule has 1 aromatic heterocycles. The molecule has 0 aliphatic heterocycles. The van der Waals surface area contributed by atoms with Gasteiger partial charge in [0, 0.05) is 0 Å². The van der Waals surface area contributed by atoms with Crippen molar-refractivity contribution in [3.63, 3.8) is 0 Å². The van der Waals surface area contributed by atoms with E-state index in [4.69, 9.17) is 4.42 Å². The molecule has 1 aromatic rings. The monoisotopic (exact) mass is 367 g/mol. The van der Waals surface area contributed by atoms with Gasteiger partial charge in [-0.25, -0.2) is 0 Å². The number of furan rings is 1. The molecule has 1 rings (SSSR count). The molecule has 9 heteroatoms. The van der Waals surface area contributed by atoms with E-state index >= 15 is 0 Å². The van der Waals surface area contributed by atoms with Crippen LogP contribution in [0.4, 0.5) is 26.3 Å². The van der Waals surface area contributed by atoms with E-state index in [-0.39, 0.29) is 11.2 Å². The molecule has 0 saturated carbocycles. The summed E-state index contributed by atoms with van der Waals surface area (Å²) in [6, 6.07) is 0.322. The van der Waals surface area contributed by atoms with E-state index in [1.165, 1.54) is 6.07 Å². The maximum absolute atomic E-state index is 12.8. The highest BCUT2D eigenvalue weighted by Crippen LogP contribution is 2.46. The maximum atomic E-state index is 12.8. The van der Waals surface area contributed by atoms with E-state index in [1.54, 1.807) is 6.92 Å². The SMILES string of the molecule is CCCNC(c1ccc(Br)o1)C(C(F)(F)F)C(F)(F)F. The van der Waals surface area contributed by atoms with Gasteiger partial charge in [0.25, 0.3) is 0 Å². The molecule has 1 heterocycles. The lowest BCUT2D eigenvalue weighted by Gasteiger charge is -2.30. The Labute approximate surface area is 119 Å². The molecule has 1 unspecified atom stereocenters. The molecule has 0 fully saturated rings. The van der Waals surface area contributed by atoms with Gasteiger partial charge in [-0.15, -0.1) is 0 Å². The third-order valence-corrected chi connectivity index (χ3v) is 2.98. The predicted molar refractivity (Wildman–Crippen MR) is 63.0 cm³/mol. The summed E-state index contributed by atoms with van der Waals surface area (Å²) in [7, 11) is 0. The first-order chi connectivity index (χ1) is 9.07. The largest absolute Gasteiger partial charge is 0.453 e. The molecule has 0 radical (unpaired) electrons. The molecule has 0 aliphatic carbocycles. The van der Waals surface area contributed by atoms with E-state index in [9.17, 15) is 26.3 Å². The van der Waals surface area contributed by atoms with Crippen LogP contribution in [0.1, 0.15) is 25.1 Å². The second kappa shape index (κ2) is 6.38. The minimum absolute atomic E-state index is 0.00560. The average molecular weight is 368 g/mol. The van der Waals surface area contributed by atoms with Crippen LogP contribution in [0, 0.1) is 5.92 Å². The third kappa shape index (κ3) is 4.41. The number of hydrogen-bond acceptors (Lipinski definition) is 2. The molecule has 0 bridgehead atoms. The van der Waals surface area contributed by atoms with Gasteiger partial charge >= 0.3 is 12.4 Å². The zero-order valence-electron chi connectivity index (χ0n) is 10.3. The Kier molecular flexibility index (Phi) is 5.54. The minimum atomic E-state index is -5.43. The van der Waals surface area contributed by atoms with E-state index < -0.39 is 30.1 Å². The van der Waals surface area contributed by atoms with Crippen LogP contribution in [-0.4, -0.2) is 18.9 Å². The molecule has 2 nitrogen and oxygen atoms in total. The Morgan fingerprint density at radius 3 is 2.05 bits per heavy atom. The molecule has 1 atom stereocenters. The van der Waals surface area contributed by atoms with Gasteiger partial charge in [-0.05, 0) is 41.0 Å². The lowest BCUT2D eigenvalue weighted by molar-refractivity contribution is -0.293. The molecule has 0 aromatic carbocycles. The standard InChI is InChI=1S/C11H12BrF6NO/c1-2-5-19-8(6-3-4-7(12)20-6)9(10(13,14)15)11(16,17)18/h3-4,8-9,19H,2,5H2,1H3. The topological polar surface area (TPSA) is 25.2 Å². The first-order valence-electron chi connectivity index (χ1n) is 5.69. The van der Waals surface area contributed by atoms with Crippen molar-refractivity contribution < 1.29 is 30.8 Å². The van der Waals surface area contributed by atoms with Crippen molar-refractivity contribution in [2.75, 3.05) is 6.54 Å². The van der Waals surface area contributed by atoms with Crippen LogP contribution in [0.5, 0.6) is 0 Å². The number of halogens is 7. The van der Waals surface area contributed by atoms with Crippen molar-refractivity contribution in [2.24, 2.45) is 5.92 Å². The number of alkyl halides is 6. The first-order valence-corrected chi connectivity index (χ1v) is 6.48.